The molecule has 0 spiro atoms. The van der Waals surface area contributed by atoms with Crippen molar-refractivity contribution in [2.75, 3.05) is 27.4 Å². The molecule has 19 heavy (non-hydrogen) atoms. The fraction of sp³-hybridized carbons (Fsp3) is 0.857. The van der Waals surface area contributed by atoms with Gasteiger partial charge in [-0.1, -0.05) is 20.8 Å². The Morgan fingerprint density at radius 3 is 2.05 bits per heavy atom. The summed E-state index contributed by atoms with van der Waals surface area (Å²) in [6.07, 6.45) is 1.43. The van der Waals surface area contributed by atoms with E-state index in [1.54, 1.807) is 14.2 Å². The normalized spacial score (nSPS) is 14.1. The van der Waals surface area contributed by atoms with Gasteiger partial charge in [0.1, 0.15) is 5.76 Å². The van der Waals surface area contributed by atoms with Gasteiger partial charge in [-0.25, -0.2) is 0 Å². The van der Waals surface area contributed by atoms with Gasteiger partial charge < -0.3 is 18.6 Å². The van der Waals surface area contributed by atoms with Crippen molar-refractivity contribution in [3.63, 3.8) is 0 Å². The van der Waals surface area contributed by atoms with Crippen LogP contribution in [0.5, 0.6) is 0 Å². The van der Waals surface area contributed by atoms with Gasteiger partial charge in [0, 0.05) is 20.8 Å². The van der Waals surface area contributed by atoms with Crippen LogP contribution in [-0.4, -0.2) is 42.0 Å². The molecule has 0 bridgehead atoms. The summed E-state index contributed by atoms with van der Waals surface area (Å²) in [6, 6.07) is 0. The minimum absolute atomic E-state index is 0.129. The Kier molecular flexibility index (Phi) is 7.89. The van der Waals surface area contributed by atoms with Crippen LogP contribution in [0.4, 0.5) is 0 Å². The number of hydrogen-bond donors (Lipinski definition) is 0. The molecule has 0 N–H and O–H groups in total. The first-order valence-corrected chi connectivity index (χ1v) is 9.62. The molecule has 0 unspecified atom stereocenters. The highest BCUT2D eigenvalue weighted by Gasteiger charge is 2.40. The van der Waals surface area contributed by atoms with Crippen molar-refractivity contribution in [1.29, 1.82) is 0 Å². The first-order chi connectivity index (χ1) is 8.69. The van der Waals surface area contributed by atoms with Gasteiger partial charge in [-0.15, -0.1) is 0 Å². The summed E-state index contributed by atoms with van der Waals surface area (Å²) in [4.78, 5) is 0. The van der Waals surface area contributed by atoms with Gasteiger partial charge >= 0.3 is 0 Å². The van der Waals surface area contributed by atoms with Gasteiger partial charge in [0.05, 0.1) is 6.61 Å². The van der Waals surface area contributed by atoms with Crippen LogP contribution in [0.3, 0.4) is 0 Å². The summed E-state index contributed by atoms with van der Waals surface area (Å²) in [6.45, 7) is 14.1. The van der Waals surface area contributed by atoms with Gasteiger partial charge in [-0.05, 0) is 31.1 Å². The molecule has 0 heterocycles. The maximum atomic E-state index is 6.26. The van der Waals surface area contributed by atoms with Crippen molar-refractivity contribution in [2.45, 2.75) is 52.1 Å². The fourth-order valence-corrected chi connectivity index (χ4v) is 2.30. The summed E-state index contributed by atoms with van der Waals surface area (Å²) >= 11 is 0. The maximum Gasteiger partial charge on any atom is 0.250 e. The van der Waals surface area contributed by atoms with E-state index in [1.165, 1.54) is 0 Å². The third-order valence-electron chi connectivity index (χ3n) is 3.45. The minimum atomic E-state index is -1.91. The zero-order valence-electron chi connectivity index (χ0n) is 13.7. The molecule has 0 saturated carbocycles. The molecule has 114 valence electrons. The summed E-state index contributed by atoms with van der Waals surface area (Å²) in [7, 11) is 1.31. The van der Waals surface area contributed by atoms with Crippen LogP contribution in [-0.2, 0) is 18.6 Å². The summed E-state index contributed by atoms with van der Waals surface area (Å²) in [5, 5.41) is 0.129. The first kappa shape index (κ1) is 18.6. The molecule has 0 aliphatic heterocycles. The zero-order valence-corrected chi connectivity index (χ0v) is 14.7. The van der Waals surface area contributed by atoms with Gasteiger partial charge in [-0.2, -0.15) is 0 Å². The van der Waals surface area contributed by atoms with Crippen LogP contribution in [0.2, 0.25) is 18.1 Å². The van der Waals surface area contributed by atoms with E-state index >= 15 is 0 Å². The van der Waals surface area contributed by atoms with Crippen LogP contribution in [0.25, 0.3) is 0 Å². The molecule has 0 radical (unpaired) electrons. The van der Waals surface area contributed by atoms with E-state index in [9.17, 15) is 0 Å². The number of hydrogen-bond acceptors (Lipinski definition) is 4. The summed E-state index contributed by atoms with van der Waals surface area (Å²) in [5.74, 6) is 0.713. The highest BCUT2D eigenvalue weighted by atomic mass is 28.4. The van der Waals surface area contributed by atoms with E-state index in [-0.39, 0.29) is 5.04 Å². The topological polar surface area (TPSA) is 36.9 Å². The molecule has 0 aromatic rings. The van der Waals surface area contributed by atoms with E-state index in [4.69, 9.17) is 18.6 Å². The minimum Gasteiger partial charge on any atom is -0.543 e. The molecular weight excluding hydrogens is 260 g/mol. The lowest BCUT2D eigenvalue weighted by molar-refractivity contribution is -0.0951. The average molecular weight is 290 g/mol. The van der Waals surface area contributed by atoms with E-state index in [0.717, 1.165) is 0 Å². The Hall–Kier alpha value is -0.363. The smallest absolute Gasteiger partial charge is 0.250 e. The predicted molar refractivity (Wildman–Crippen MR) is 80.7 cm³/mol. The monoisotopic (exact) mass is 290 g/mol. The number of methoxy groups -OCH3 is 2. The average Bonchev–Trinajstić information content (AvgIpc) is 2.28. The molecule has 5 heteroatoms. The van der Waals surface area contributed by atoms with Crippen molar-refractivity contribution < 1.29 is 18.6 Å². The lowest BCUT2D eigenvalue weighted by atomic mass is 10.2. The third-order valence-corrected chi connectivity index (χ3v) is 7.80. The molecule has 0 aromatic heterocycles. The quantitative estimate of drug-likeness (QED) is 0.296. The third kappa shape index (κ3) is 6.08. The lowest BCUT2D eigenvalue weighted by Gasteiger charge is -2.38. The molecule has 0 aliphatic carbocycles. The molecule has 0 fully saturated rings. The molecular formula is C14H30O4Si. The van der Waals surface area contributed by atoms with E-state index in [0.29, 0.717) is 19.0 Å². The Morgan fingerprint density at radius 1 is 1.16 bits per heavy atom. The van der Waals surface area contributed by atoms with Crippen LogP contribution in [0.15, 0.2) is 11.8 Å². The molecule has 0 aromatic carbocycles. The van der Waals surface area contributed by atoms with Crippen molar-refractivity contribution in [2.24, 2.45) is 0 Å². The van der Waals surface area contributed by atoms with Gasteiger partial charge in [-0.3, -0.25) is 0 Å². The molecule has 4 nitrogen and oxygen atoms in total. The second-order valence-corrected chi connectivity index (χ2v) is 10.7. The second kappa shape index (κ2) is 8.04. The summed E-state index contributed by atoms with van der Waals surface area (Å²) < 4.78 is 22.2. The van der Waals surface area contributed by atoms with Crippen LogP contribution >= 0.6 is 0 Å². The Bertz CT molecular complexity index is 278. The van der Waals surface area contributed by atoms with Gasteiger partial charge in [0.2, 0.25) is 14.6 Å². The molecule has 0 rings (SSSR count). The highest BCUT2D eigenvalue weighted by Crippen LogP contribution is 2.38. The van der Waals surface area contributed by atoms with Gasteiger partial charge in [0.25, 0.3) is 0 Å². The van der Waals surface area contributed by atoms with Crippen molar-refractivity contribution in [1.82, 2.24) is 0 Å². The van der Waals surface area contributed by atoms with Crippen molar-refractivity contribution in [3.05, 3.63) is 11.8 Å². The number of ether oxygens (including phenoxy) is 3. The first-order valence-electron chi connectivity index (χ1n) is 6.72. The van der Waals surface area contributed by atoms with Crippen molar-refractivity contribution in [3.8, 4) is 0 Å². The fourth-order valence-electron chi connectivity index (χ4n) is 1.22. The molecule has 0 saturated heterocycles. The second-order valence-electron chi connectivity index (χ2n) is 5.93. The van der Waals surface area contributed by atoms with Gasteiger partial charge in [0.15, 0.2) is 0 Å². The van der Waals surface area contributed by atoms with Crippen LogP contribution < -0.4 is 0 Å². The predicted octanol–water partition coefficient (Wildman–Crippen LogP) is 3.55. The maximum absolute atomic E-state index is 6.26. The largest absolute Gasteiger partial charge is 0.543 e. The van der Waals surface area contributed by atoms with E-state index in [1.807, 2.05) is 13.0 Å². The molecule has 0 atom stereocenters. The highest BCUT2D eigenvalue weighted by molar-refractivity contribution is 6.74. The Morgan fingerprint density at radius 2 is 1.68 bits per heavy atom. The SMILES string of the molecule is CCOC/C=C(\O[Si](C)(C)C(C)(C)C)C(OC)OC. The molecule has 0 aliphatic rings. The van der Waals surface area contributed by atoms with Crippen molar-refractivity contribution >= 4 is 8.32 Å². The van der Waals surface area contributed by atoms with E-state index in [2.05, 4.69) is 33.9 Å². The molecule has 0 amide bonds. The lowest BCUT2D eigenvalue weighted by Crippen LogP contribution is -2.42. The Balaban J connectivity index is 5.00. The van der Waals surface area contributed by atoms with Crippen LogP contribution in [0, 0.1) is 0 Å². The summed E-state index contributed by atoms with van der Waals surface area (Å²) in [5.41, 5.74) is 0. The Labute approximate surface area is 119 Å². The zero-order chi connectivity index (χ0) is 15.1. The van der Waals surface area contributed by atoms with E-state index < -0.39 is 14.6 Å². The number of rotatable bonds is 8. The standard InChI is InChI=1S/C14H30O4Si/c1-9-17-11-10-12(13(15-5)16-6)18-19(7,8)14(2,3)4/h10,13H,9,11H2,1-8H3/b12-10-. The van der Waals surface area contributed by atoms with Crippen LogP contribution in [0.1, 0.15) is 27.7 Å².